The Morgan fingerprint density at radius 1 is 1.07 bits per heavy atom. The van der Waals surface area contributed by atoms with Gasteiger partial charge in [0, 0.05) is 10.0 Å². The van der Waals surface area contributed by atoms with Crippen molar-refractivity contribution in [2.75, 3.05) is 13.3 Å². The maximum atomic E-state index is 12.5. The zero-order valence-corrected chi connectivity index (χ0v) is 15.9. The Kier molecular flexibility index (Phi) is 5.95. The third-order valence-corrected chi connectivity index (χ3v) is 4.23. The van der Waals surface area contributed by atoms with E-state index in [0.717, 1.165) is 4.47 Å². The molecule has 3 rings (SSSR count). The molecule has 0 atom stereocenters. The van der Waals surface area contributed by atoms with E-state index in [2.05, 4.69) is 26.6 Å². The van der Waals surface area contributed by atoms with Crippen LogP contribution in [0.3, 0.4) is 0 Å². The first-order valence-corrected chi connectivity index (χ1v) is 8.88. The van der Waals surface area contributed by atoms with Crippen molar-refractivity contribution in [2.45, 2.75) is 0 Å². The number of nitrogens with one attached hydrogen (secondary N) is 2. The van der Waals surface area contributed by atoms with E-state index in [1.54, 1.807) is 42.5 Å². The number of carboxylic acids is 1. The van der Waals surface area contributed by atoms with Gasteiger partial charge in [-0.15, -0.1) is 0 Å². The van der Waals surface area contributed by atoms with Crippen molar-refractivity contribution in [3.8, 4) is 11.5 Å². The first-order chi connectivity index (χ1) is 13.4. The largest absolute Gasteiger partial charge is 0.548 e. The normalized spacial score (nSPS) is 12.4. The number of hydrogen-bond acceptors (Lipinski definition) is 6. The fourth-order valence-electron chi connectivity index (χ4n) is 2.37. The van der Waals surface area contributed by atoms with E-state index in [0.29, 0.717) is 22.6 Å². The molecule has 0 radical (unpaired) electrons. The summed E-state index contributed by atoms with van der Waals surface area (Å²) in [6, 6.07) is 11.5. The Balaban J connectivity index is 1.85. The molecular formula is C19H14BrN2O6-. The maximum absolute atomic E-state index is 12.5. The highest BCUT2D eigenvalue weighted by atomic mass is 79.9. The van der Waals surface area contributed by atoms with Crippen LogP contribution in [0.1, 0.15) is 15.9 Å². The number of halogens is 1. The molecule has 1 aliphatic heterocycles. The molecule has 1 heterocycles. The molecule has 9 heteroatoms. The Labute approximate surface area is 168 Å². The number of amides is 2. The van der Waals surface area contributed by atoms with Gasteiger partial charge in [-0.25, -0.2) is 0 Å². The number of hydrogen-bond donors (Lipinski definition) is 2. The van der Waals surface area contributed by atoms with E-state index < -0.39 is 24.3 Å². The predicted molar refractivity (Wildman–Crippen MR) is 100 cm³/mol. The summed E-state index contributed by atoms with van der Waals surface area (Å²) in [4.78, 5) is 35.4. The van der Waals surface area contributed by atoms with Gasteiger partial charge in [-0.1, -0.05) is 22.0 Å². The van der Waals surface area contributed by atoms with Crippen LogP contribution in [-0.4, -0.2) is 31.1 Å². The second-order valence-corrected chi connectivity index (χ2v) is 6.60. The lowest BCUT2D eigenvalue weighted by molar-refractivity contribution is -0.303. The first kappa shape index (κ1) is 19.4. The van der Waals surface area contributed by atoms with Gasteiger partial charge in [0.1, 0.15) is 5.70 Å². The average molecular weight is 446 g/mol. The summed E-state index contributed by atoms with van der Waals surface area (Å²) in [5.41, 5.74) is 0.750. The van der Waals surface area contributed by atoms with Crippen LogP contribution >= 0.6 is 15.9 Å². The van der Waals surface area contributed by atoms with Gasteiger partial charge in [-0.2, -0.15) is 0 Å². The van der Waals surface area contributed by atoms with Gasteiger partial charge in [0.05, 0.1) is 12.5 Å². The molecule has 0 bridgehead atoms. The number of benzene rings is 2. The van der Waals surface area contributed by atoms with Gasteiger partial charge in [-0.3, -0.25) is 9.59 Å². The molecule has 8 nitrogen and oxygen atoms in total. The van der Waals surface area contributed by atoms with Crippen LogP contribution < -0.4 is 25.2 Å². The van der Waals surface area contributed by atoms with Crippen molar-refractivity contribution in [2.24, 2.45) is 0 Å². The highest BCUT2D eigenvalue weighted by Gasteiger charge is 2.17. The minimum Gasteiger partial charge on any atom is -0.548 e. The van der Waals surface area contributed by atoms with Crippen LogP contribution in [0, 0.1) is 0 Å². The number of aliphatic carboxylic acids is 1. The molecule has 2 aromatic rings. The third kappa shape index (κ3) is 4.89. The van der Waals surface area contributed by atoms with Crippen molar-refractivity contribution in [3.05, 3.63) is 63.8 Å². The van der Waals surface area contributed by atoms with Gasteiger partial charge >= 0.3 is 0 Å². The maximum Gasteiger partial charge on any atom is 0.268 e. The standard InChI is InChI=1S/C19H15BrN2O6/c20-13-4-2-12(3-5-13)18(25)22-14(19(26)21-9-17(23)24)7-11-1-6-15-16(8-11)28-10-27-15/h1-8H,9-10H2,(H,21,26)(H,22,25)(H,23,24)/p-1/b14-7+. The van der Waals surface area contributed by atoms with E-state index in [1.165, 1.54) is 6.08 Å². The average Bonchev–Trinajstić information content (AvgIpc) is 3.13. The third-order valence-electron chi connectivity index (χ3n) is 3.70. The molecule has 0 saturated heterocycles. The van der Waals surface area contributed by atoms with E-state index in [9.17, 15) is 19.5 Å². The molecule has 144 valence electrons. The quantitative estimate of drug-likeness (QED) is 0.635. The van der Waals surface area contributed by atoms with Crippen LogP contribution in [0.15, 0.2) is 52.6 Å². The van der Waals surface area contributed by atoms with E-state index >= 15 is 0 Å². The van der Waals surface area contributed by atoms with E-state index in [4.69, 9.17) is 9.47 Å². The summed E-state index contributed by atoms with van der Waals surface area (Å²) in [6.07, 6.45) is 1.41. The molecule has 0 aliphatic carbocycles. The van der Waals surface area contributed by atoms with E-state index in [-0.39, 0.29) is 12.5 Å². The lowest BCUT2D eigenvalue weighted by Crippen LogP contribution is -2.41. The van der Waals surface area contributed by atoms with Gasteiger partial charge in [0.15, 0.2) is 11.5 Å². The number of carbonyl (C=O) groups excluding carboxylic acids is 3. The summed E-state index contributed by atoms with van der Waals surface area (Å²) < 4.78 is 11.3. The number of fused-ring (bicyclic) bond motifs is 1. The van der Waals surface area contributed by atoms with Gasteiger partial charge in [-0.05, 0) is 48.0 Å². The van der Waals surface area contributed by atoms with Crippen molar-refractivity contribution in [1.29, 1.82) is 0 Å². The molecule has 0 saturated carbocycles. The van der Waals surface area contributed by atoms with Crippen LogP contribution in [-0.2, 0) is 9.59 Å². The van der Waals surface area contributed by atoms with Crippen molar-refractivity contribution in [3.63, 3.8) is 0 Å². The molecule has 0 spiro atoms. The molecule has 2 N–H and O–H groups in total. The highest BCUT2D eigenvalue weighted by Crippen LogP contribution is 2.33. The lowest BCUT2D eigenvalue weighted by Gasteiger charge is -2.12. The number of ether oxygens (including phenoxy) is 2. The Morgan fingerprint density at radius 2 is 1.79 bits per heavy atom. The van der Waals surface area contributed by atoms with Crippen LogP contribution in [0.4, 0.5) is 0 Å². The summed E-state index contributed by atoms with van der Waals surface area (Å²) in [5.74, 6) is -1.67. The van der Waals surface area contributed by atoms with Gasteiger partial charge in [0.25, 0.3) is 11.8 Å². The lowest BCUT2D eigenvalue weighted by atomic mass is 10.1. The molecule has 0 fully saturated rings. The predicted octanol–water partition coefficient (Wildman–Crippen LogP) is 0.815. The summed E-state index contributed by atoms with van der Waals surface area (Å²) in [7, 11) is 0. The van der Waals surface area contributed by atoms with Gasteiger partial charge in [0.2, 0.25) is 6.79 Å². The molecule has 2 aromatic carbocycles. The molecule has 0 aromatic heterocycles. The summed E-state index contributed by atoms with van der Waals surface area (Å²) in [5, 5.41) is 15.3. The highest BCUT2D eigenvalue weighted by molar-refractivity contribution is 9.10. The van der Waals surface area contributed by atoms with Crippen molar-refractivity contribution >= 4 is 39.8 Å². The minimum atomic E-state index is -1.45. The summed E-state index contributed by atoms with van der Waals surface area (Å²) in [6.45, 7) is -0.590. The summed E-state index contributed by atoms with van der Waals surface area (Å²) >= 11 is 3.28. The zero-order valence-electron chi connectivity index (χ0n) is 14.4. The Morgan fingerprint density at radius 3 is 2.50 bits per heavy atom. The van der Waals surface area contributed by atoms with Crippen LogP contribution in [0.2, 0.25) is 0 Å². The number of rotatable bonds is 6. The topological polar surface area (TPSA) is 117 Å². The second-order valence-electron chi connectivity index (χ2n) is 5.69. The minimum absolute atomic E-state index is 0.0990. The first-order valence-electron chi connectivity index (χ1n) is 8.08. The zero-order chi connectivity index (χ0) is 20.1. The number of carboxylic acid groups (broad SMARTS) is 1. The fraction of sp³-hybridized carbons (Fsp3) is 0.105. The van der Waals surface area contributed by atoms with Crippen LogP contribution in [0.25, 0.3) is 6.08 Å². The monoisotopic (exact) mass is 445 g/mol. The Bertz CT molecular complexity index is 955. The molecule has 1 aliphatic rings. The van der Waals surface area contributed by atoms with E-state index in [1.807, 2.05) is 0 Å². The molecule has 0 unspecified atom stereocenters. The second kappa shape index (κ2) is 8.57. The smallest absolute Gasteiger partial charge is 0.268 e. The fourth-order valence-corrected chi connectivity index (χ4v) is 2.64. The number of carbonyl (C=O) groups is 3. The Hall–Kier alpha value is -3.33. The van der Waals surface area contributed by atoms with Crippen LogP contribution in [0.5, 0.6) is 11.5 Å². The molecule has 28 heavy (non-hydrogen) atoms. The van der Waals surface area contributed by atoms with Gasteiger partial charge < -0.3 is 30.0 Å². The SMILES string of the molecule is O=C([O-])CNC(=O)/C(=C\c1ccc2c(c1)OCO2)NC(=O)c1ccc(Br)cc1. The molecular weight excluding hydrogens is 432 g/mol. The molecule has 2 amide bonds. The van der Waals surface area contributed by atoms with Crippen molar-refractivity contribution in [1.82, 2.24) is 10.6 Å². The van der Waals surface area contributed by atoms with Crippen molar-refractivity contribution < 1.29 is 29.0 Å².